The molecule has 0 aromatic heterocycles. The zero-order valence-corrected chi connectivity index (χ0v) is 16.3. The molecular weight excluding hydrogens is 389 g/mol. The number of hydrogen-bond donors (Lipinski definition) is 1. The van der Waals surface area contributed by atoms with Gasteiger partial charge in [-0.25, -0.2) is 4.79 Å². The van der Waals surface area contributed by atoms with E-state index in [1.807, 2.05) is 0 Å². The maximum Gasteiger partial charge on any atom is 0.338 e. The molecule has 1 aromatic rings. The highest BCUT2D eigenvalue weighted by Gasteiger charge is 2.39. The molecule has 6 nitrogen and oxygen atoms in total. The molecule has 2 unspecified atom stereocenters. The Hall–Kier alpha value is -0.860. The lowest BCUT2D eigenvalue weighted by Gasteiger charge is -2.35. The van der Waals surface area contributed by atoms with Crippen molar-refractivity contribution in [2.45, 2.75) is 43.9 Å². The summed E-state index contributed by atoms with van der Waals surface area (Å²) in [6.07, 6.45) is 4.98. The summed E-state index contributed by atoms with van der Waals surface area (Å²) >= 11 is 11.8. The van der Waals surface area contributed by atoms with Crippen LogP contribution in [0.5, 0.6) is 0 Å². The van der Waals surface area contributed by atoms with Gasteiger partial charge in [-0.15, -0.1) is 0 Å². The fraction of sp³-hybridized carbons (Fsp3) is 0.562. The minimum absolute atomic E-state index is 0.00829. The number of rotatable bonds is 2. The minimum atomic E-state index is -3.67. The number of halogens is 2. The summed E-state index contributed by atoms with van der Waals surface area (Å²) in [5.41, 5.74) is 0.425. The normalized spacial score (nSPS) is 25.9. The zero-order valence-electron chi connectivity index (χ0n) is 14.0. The van der Waals surface area contributed by atoms with E-state index in [1.54, 1.807) is 18.2 Å². The average Bonchev–Trinajstić information content (AvgIpc) is 2.68. The predicted molar refractivity (Wildman–Crippen MR) is 96.9 cm³/mol. The van der Waals surface area contributed by atoms with Crippen LogP contribution in [0.15, 0.2) is 18.2 Å². The molecule has 2 fully saturated rings. The molecule has 0 radical (unpaired) electrons. The third-order valence-corrected chi connectivity index (χ3v) is 4.86. The molecule has 2 atom stereocenters. The van der Waals surface area contributed by atoms with Crippen LogP contribution in [-0.4, -0.2) is 55.3 Å². The van der Waals surface area contributed by atoms with Crippen molar-refractivity contribution < 1.29 is 22.5 Å². The van der Waals surface area contributed by atoms with Crippen LogP contribution in [0.25, 0.3) is 0 Å². The smallest absolute Gasteiger partial charge is 0.338 e. The Morgan fingerprint density at radius 1 is 1.16 bits per heavy atom. The second-order valence-electron chi connectivity index (χ2n) is 6.44. The molecule has 0 aliphatic carbocycles. The van der Waals surface area contributed by atoms with Gasteiger partial charge in [-0.3, -0.25) is 4.55 Å². The van der Waals surface area contributed by atoms with Gasteiger partial charge in [0.05, 0.1) is 11.8 Å². The SMILES string of the molecule is CN1C2CCC1CC(OC(=O)c1cc(Cl)cc(Cl)c1)C2.CS(=O)(=O)O. The van der Waals surface area contributed by atoms with Crippen molar-refractivity contribution in [1.82, 2.24) is 4.90 Å². The number of hydrogen-bond acceptors (Lipinski definition) is 5. The number of piperidine rings is 1. The molecule has 0 spiro atoms. The first kappa shape index (κ1) is 20.5. The Morgan fingerprint density at radius 3 is 2.04 bits per heavy atom. The third kappa shape index (κ3) is 6.42. The number of esters is 1. The van der Waals surface area contributed by atoms with Gasteiger partial charge in [0.2, 0.25) is 0 Å². The highest BCUT2D eigenvalue weighted by molar-refractivity contribution is 7.85. The average molecular weight is 410 g/mol. The fourth-order valence-electron chi connectivity index (χ4n) is 3.35. The van der Waals surface area contributed by atoms with Gasteiger partial charge in [0.1, 0.15) is 6.10 Å². The molecule has 2 saturated heterocycles. The number of carbonyl (C=O) groups is 1. The first-order valence-electron chi connectivity index (χ1n) is 7.84. The Kier molecular flexibility index (Phi) is 6.73. The summed E-state index contributed by atoms with van der Waals surface area (Å²) in [5, 5.41) is 0.904. The van der Waals surface area contributed by atoms with Gasteiger partial charge in [0.25, 0.3) is 10.1 Å². The van der Waals surface area contributed by atoms with Crippen LogP contribution >= 0.6 is 23.2 Å². The fourth-order valence-corrected chi connectivity index (χ4v) is 3.87. The van der Waals surface area contributed by atoms with Crippen molar-refractivity contribution in [1.29, 1.82) is 0 Å². The van der Waals surface area contributed by atoms with Gasteiger partial charge >= 0.3 is 5.97 Å². The van der Waals surface area contributed by atoms with E-state index < -0.39 is 10.1 Å². The van der Waals surface area contributed by atoms with E-state index >= 15 is 0 Å². The van der Waals surface area contributed by atoms with E-state index in [4.69, 9.17) is 32.5 Å². The molecule has 9 heteroatoms. The van der Waals surface area contributed by atoms with Crippen LogP contribution in [0, 0.1) is 0 Å². The summed E-state index contributed by atoms with van der Waals surface area (Å²) in [6, 6.07) is 5.90. The largest absolute Gasteiger partial charge is 0.459 e. The van der Waals surface area contributed by atoms with E-state index in [9.17, 15) is 13.2 Å². The second-order valence-corrected chi connectivity index (χ2v) is 8.78. The molecule has 1 N–H and O–H groups in total. The van der Waals surface area contributed by atoms with E-state index in [1.165, 1.54) is 12.8 Å². The standard InChI is InChI=1S/C15H17Cl2NO2.CH4O3S/c1-18-12-2-3-13(18)8-14(7-12)20-15(19)9-4-10(16)6-11(17)5-9;1-5(2,3)4/h4-6,12-14H,2-3,7-8H2,1H3;1H3,(H,2,3,4). The molecule has 0 saturated carbocycles. The molecule has 2 heterocycles. The molecule has 1 aromatic carbocycles. The van der Waals surface area contributed by atoms with E-state index in [0.717, 1.165) is 12.8 Å². The lowest BCUT2D eigenvalue weighted by atomic mass is 10.0. The van der Waals surface area contributed by atoms with Crippen molar-refractivity contribution in [3.8, 4) is 0 Å². The number of carbonyl (C=O) groups excluding carboxylic acids is 1. The predicted octanol–water partition coefficient (Wildman–Crippen LogP) is 3.28. The topological polar surface area (TPSA) is 83.9 Å². The van der Waals surface area contributed by atoms with E-state index in [2.05, 4.69) is 11.9 Å². The Balaban J connectivity index is 0.000000399. The van der Waals surface area contributed by atoms with E-state index in [0.29, 0.717) is 33.9 Å². The van der Waals surface area contributed by atoms with Gasteiger partial charge in [0.15, 0.2) is 0 Å². The number of benzene rings is 1. The van der Waals surface area contributed by atoms with Gasteiger partial charge in [-0.1, -0.05) is 23.2 Å². The zero-order chi connectivity index (χ0) is 18.8. The number of nitrogens with zero attached hydrogens (tertiary/aromatic N) is 1. The molecule has 140 valence electrons. The van der Waals surface area contributed by atoms with Gasteiger partial charge in [0, 0.05) is 35.0 Å². The maximum atomic E-state index is 12.2. The van der Waals surface area contributed by atoms with Crippen LogP contribution in [0.4, 0.5) is 0 Å². The summed E-state index contributed by atoms with van der Waals surface area (Å²) in [5.74, 6) is -0.330. The second kappa shape index (κ2) is 8.22. The van der Waals surface area contributed by atoms with Crippen molar-refractivity contribution >= 4 is 39.3 Å². The molecule has 2 aliphatic heterocycles. The molecular formula is C16H21Cl2NO5S. The maximum absolute atomic E-state index is 12.2. The van der Waals surface area contributed by atoms with Crippen LogP contribution in [-0.2, 0) is 14.9 Å². The van der Waals surface area contributed by atoms with Gasteiger partial charge < -0.3 is 9.64 Å². The minimum Gasteiger partial charge on any atom is -0.459 e. The Morgan fingerprint density at radius 2 is 1.60 bits per heavy atom. The van der Waals surface area contributed by atoms with Crippen LogP contribution < -0.4 is 0 Å². The van der Waals surface area contributed by atoms with Gasteiger partial charge in [-0.05, 0) is 38.1 Å². The lowest BCUT2D eigenvalue weighted by molar-refractivity contribution is -0.000453. The summed E-state index contributed by atoms with van der Waals surface area (Å²) in [4.78, 5) is 14.6. The number of ether oxygens (including phenoxy) is 1. The van der Waals surface area contributed by atoms with Crippen molar-refractivity contribution in [2.75, 3.05) is 13.3 Å². The van der Waals surface area contributed by atoms with Crippen molar-refractivity contribution in [2.24, 2.45) is 0 Å². The van der Waals surface area contributed by atoms with Crippen LogP contribution in [0.3, 0.4) is 0 Å². The molecule has 2 aliphatic rings. The first-order valence-corrected chi connectivity index (χ1v) is 10.4. The van der Waals surface area contributed by atoms with Crippen molar-refractivity contribution in [3.05, 3.63) is 33.8 Å². The van der Waals surface area contributed by atoms with Crippen LogP contribution in [0.2, 0.25) is 10.0 Å². The van der Waals surface area contributed by atoms with E-state index in [-0.39, 0.29) is 12.1 Å². The summed E-state index contributed by atoms with van der Waals surface area (Å²) in [7, 11) is -1.50. The number of fused-ring (bicyclic) bond motifs is 2. The van der Waals surface area contributed by atoms with Gasteiger partial charge in [-0.2, -0.15) is 8.42 Å². The molecule has 2 bridgehead atoms. The Labute approximate surface area is 157 Å². The summed E-state index contributed by atoms with van der Waals surface area (Å²) < 4.78 is 31.5. The molecule has 3 rings (SSSR count). The highest BCUT2D eigenvalue weighted by Crippen LogP contribution is 2.35. The summed E-state index contributed by atoms with van der Waals surface area (Å²) in [6.45, 7) is 0. The Bertz CT molecular complexity index is 698. The van der Waals surface area contributed by atoms with Crippen molar-refractivity contribution in [3.63, 3.8) is 0 Å². The monoisotopic (exact) mass is 409 g/mol. The molecule has 0 amide bonds. The third-order valence-electron chi connectivity index (χ3n) is 4.43. The molecule has 25 heavy (non-hydrogen) atoms. The lowest BCUT2D eigenvalue weighted by Crippen LogP contribution is -2.43. The van der Waals surface area contributed by atoms with Crippen LogP contribution in [0.1, 0.15) is 36.0 Å². The first-order chi connectivity index (χ1) is 11.5. The highest BCUT2D eigenvalue weighted by atomic mass is 35.5. The quantitative estimate of drug-likeness (QED) is 0.595.